The van der Waals surface area contributed by atoms with Gasteiger partial charge in [0.2, 0.25) is 0 Å². The third-order valence-corrected chi connectivity index (χ3v) is 6.02. The number of aromatic nitrogens is 2. The monoisotopic (exact) mass is 414 g/mol. The minimum atomic E-state index is -0.348. The fourth-order valence-electron chi connectivity index (χ4n) is 4.46. The van der Waals surface area contributed by atoms with Crippen LogP contribution in [0.25, 0.3) is 5.69 Å². The summed E-state index contributed by atoms with van der Waals surface area (Å²) >= 11 is 0. The number of fused-ring (bicyclic) bond motifs is 1. The molecule has 1 saturated carbocycles. The summed E-state index contributed by atoms with van der Waals surface area (Å²) in [5.41, 5.74) is 2.35. The first-order valence-corrected chi connectivity index (χ1v) is 10.6. The number of anilines is 1. The maximum atomic E-state index is 13.0. The van der Waals surface area contributed by atoms with Gasteiger partial charge in [0.05, 0.1) is 22.5 Å². The van der Waals surface area contributed by atoms with E-state index < -0.39 is 0 Å². The number of benzene rings is 2. The highest BCUT2D eigenvalue weighted by Gasteiger charge is 2.40. The van der Waals surface area contributed by atoms with E-state index in [2.05, 4.69) is 10.4 Å². The van der Waals surface area contributed by atoms with Crippen LogP contribution in [-0.2, 0) is 0 Å². The van der Waals surface area contributed by atoms with E-state index in [4.69, 9.17) is 0 Å². The number of hydrogen-bond donors (Lipinski definition) is 1. The Balaban J connectivity index is 1.41. The first kappa shape index (κ1) is 19.2. The number of nitrogens with zero attached hydrogens (tertiary/aromatic N) is 3. The van der Waals surface area contributed by atoms with E-state index in [-0.39, 0.29) is 23.8 Å². The highest BCUT2D eigenvalue weighted by molar-refractivity contribution is 6.22. The molecule has 0 radical (unpaired) electrons. The normalized spacial score (nSPS) is 16.5. The van der Waals surface area contributed by atoms with Crippen LogP contribution in [0.5, 0.6) is 0 Å². The molecule has 1 fully saturated rings. The van der Waals surface area contributed by atoms with Crippen molar-refractivity contribution in [1.29, 1.82) is 0 Å². The maximum absolute atomic E-state index is 13.0. The molecule has 2 heterocycles. The lowest BCUT2D eigenvalue weighted by Crippen LogP contribution is -2.40. The first-order valence-electron chi connectivity index (χ1n) is 10.6. The lowest BCUT2D eigenvalue weighted by atomic mass is 9.94. The van der Waals surface area contributed by atoms with Gasteiger partial charge in [-0.25, -0.2) is 4.68 Å². The molecular formula is C24H22N4O3. The van der Waals surface area contributed by atoms with E-state index in [0.29, 0.717) is 22.4 Å². The summed E-state index contributed by atoms with van der Waals surface area (Å²) in [6, 6.07) is 13.8. The molecular weight excluding hydrogens is 392 g/mol. The molecule has 2 aromatic carbocycles. The molecule has 1 aromatic heterocycles. The number of hydrogen-bond acceptors (Lipinski definition) is 4. The Morgan fingerprint density at radius 2 is 1.71 bits per heavy atom. The first-order chi connectivity index (χ1) is 15.1. The molecule has 0 spiro atoms. The van der Waals surface area contributed by atoms with Gasteiger partial charge in [-0.15, -0.1) is 0 Å². The van der Waals surface area contributed by atoms with Crippen molar-refractivity contribution in [2.45, 2.75) is 38.1 Å². The van der Waals surface area contributed by atoms with Crippen LogP contribution in [0, 0.1) is 0 Å². The number of nitrogens with one attached hydrogen (secondary N) is 1. The summed E-state index contributed by atoms with van der Waals surface area (Å²) in [6.07, 6.45) is 8.36. The molecule has 3 aromatic rings. The molecule has 31 heavy (non-hydrogen) atoms. The van der Waals surface area contributed by atoms with Gasteiger partial charge < -0.3 is 5.32 Å². The summed E-state index contributed by atoms with van der Waals surface area (Å²) in [5, 5.41) is 7.12. The fourth-order valence-corrected chi connectivity index (χ4v) is 4.46. The van der Waals surface area contributed by atoms with Crippen molar-refractivity contribution < 1.29 is 14.4 Å². The number of rotatable bonds is 4. The highest BCUT2D eigenvalue weighted by Crippen LogP contribution is 2.31. The van der Waals surface area contributed by atoms with E-state index in [1.54, 1.807) is 41.3 Å². The van der Waals surface area contributed by atoms with Crippen molar-refractivity contribution in [1.82, 2.24) is 14.7 Å². The second kappa shape index (κ2) is 7.83. The molecule has 5 rings (SSSR count). The Morgan fingerprint density at radius 1 is 0.935 bits per heavy atom. The molecule has 0 unspecified atom stereocenters. The van der Waals surface area contributed by atoms with Crippen LogP contribution in [0.2, 0.25) is 0 Å². The topological polar surface area (TPSA) is 84.3 Å². The molecule has 0 atom stereocenters. The maximum Gasteiger partial charge on any atom is 0.261 e. The van der Waals surface area contributed by atoms with Gasteiger partial charge in [-0.2, -0.15) is 5.10 Å². The van der Waals surface area contributed by atoms with Crippen LogP contribution in [-0.4, -0.2) is 38.4 Å². The Morgan fingerprint density at radius 3 is 2.48 bits per heavy atom. The van der Waals surface area contributed by atoms with E-state index >= 15 is 0 Å². The van der Waals surface area contributed by atoms with E-state index in [0.717, 1.165) is 37.8 Å². The Bertz CT molecular complexity index is 1160. The summed E-state index contributed by atoms with van der Waals surface area (Å²) in [6.45, 7) is 0. The average Bonchev–Trinajstić information content (AvgIpc) is 3.42. The Hall–Kier alpha value is -3.74. The van der Waals surface area contributed by atoms with Gasteiger partial charge in [-0.3, -0.25) is 19.3 Å². The average molecular weight is 414 g/mol. The SMILES string of the molecule is O=C(Nc1ccccc1-n1cccn1)c1ccc2c(c1)C(=O)N(C1CCCCC1)C2=O. The summed E-state index contributed by atoms with van der Waals surface area (Å²) in [7, 11) is 0. The minimum absolute atomic E-state index is 0.0422. The van der Waals surface area contributed by atoms with Gasteiger partial charge in [0.25, 0.3) is 17.7 Å². The van der Waals surface area contributed by atoms with E-state index in [1.165, 1.54) is 11.0 Å². The number of para-hydroxylation sites is 2. The number of amides is 3. The Kier molecular flexibility index (Phi) is 4.86. The predicted molar refractivity (Wildman–Crippen MR) is 115 cm³/mol. The van der Waals surface area contributed by atoms with Gasteiger partial charge in [0.15, 0.2) is 0 Å². The van der Waals surface area contributed by atoms with Crippen molar-refractivity contribution in [3.8, 4) is 5.69 Å². The smallest absolute Gasteiger partial charge is 0.261 e. The molecule has 7 heteroatoms. The van der Waals surface area contributed by atoms with Crippen LogP contribution >= 0.6 is 0 Å². The Labute approximate surface area is 179 Å². The third kappa shape index (κ3) is 3.42. The quantitative estimate of drug-likeness (QED) is 0.653. The predicted octanol–water partition coefficient (Wildman–Crippen LogP) is 4.05. The van der Waals surface area contributed by atoms with Gasteiger partial charge in [0, 0.05) is 24.0 Å². The molecule has 1 aliphatic carbocycles. The number of carbonyl (C=O) groups is 3. The van der Waals surface area contributed by atoms with Gasteiger partial charge in [-0.05, 0) is 49.2 Å². The van der Waals surface area contributed by atoms with Crippen LogP contribution in [0.1, 0.15) is 63.2 Å². The molecule has 0 bridgehead atoms. The second-order valence-electron chi connectivity index (χ2n) is 7.95. The standard InChI is InChI=1S/C24H22N4O3/c29-22(26-20-9-4-5-10-21(20)27-14-6-13-25-27)16-11-12-18-19(15-16)24(31)28(23(18)30)17-7-2-1-3-8-17/h4-6,9-15,17H,1-3,7-8H2,(H,26,29). The van der Waals surface area contributed by atoms with Gasteiger partial charge >= 0.3 is 0 Å². The highest BCUT2D eigenvalue weighted by atomic mass is 16.2. The van der Waals surface area contributed by atoms with Crippen LogP contribution in [0.3, 0.4) is 0 Å². The summed E-state index contributed by atoms with van der Waals surface area (Å²) < 4.78 is 1.67. The minimum Gasteiger partial charge on any atom is -0.320 e. The number of imide groups is 1. The zero-order valence-corrected chi connectivity index (χ0v) is 17.0. The molecule has 3 amide bonds. The summed E-state index contributed by atoms with van der Waals surface area (Å²) in [5.74, 6) is -0.889. The van der Waals surface area contributed by atoms with E-state index in [1.807, 2.05) is 18.2 Å². The molecule has 1 N–H and O–H groups in total. The third-order valence-electron chi connectivity index (χ3n) is 6.02. The van der Waals surface area contributed by atoms with Crippen molar-refractivity contribution in [3.05, 3.63) is 77.6 Å². The lowest BCUT2D eigenvalue weighted by Gasteiger charge is -2.29. The molecule has 0 saturated heterocycles. The summed E-state index contributed by atoms with van der Waals surface area (Å²) in [4.78, 5) is 40.2. The molecule has 7 nitrogen and oxygen atoms in total. The largest absolute Gasteiger partial charge is 0.320 e. The van der Waals surface area contributed by atoms with Crippen LogP contribution < -0.4 is 5.32 Å². The zero-order valence-electron chi connectivity index (χ0n) is 17.0. The van der Waals surface area contributed by atoms with Crippen molar-refractivity contribution in [3.63, 3.8) is 0 Å². The van der Waals surface area contributed by atoms with Gasteiger partial charge in [0.1, 0.15) is 0 Å². The molecule has 156 valence electrons. The zero-order chi connectivity index (χ0) is 21.4. The van der Waals surface area contributed by atoms with Crippen molar-refractivity contribution in [2.24, 2.45) is 0 Å². The second-order valence-corrected chi connectivity index (χ2v) is 7.95. The van der Waals surface area contributed by atoms with E-state index in [9.17, 15) is 14.4 Å². The van der Waals surface area contributed by atoms with Crippen LogP contribution in [0.4, 0.5) is 5.69 Å². The fraction of sp³-hybridized carbons (Fsp3) is 0.250. The van der Waals surface area contributed by atoms with Crippen LogP contribution in [0.15, 0.2) is 60.9 Å². The lowest BCUT2D eigenvalue weighted by molar-refractivity contribution is 0.0549. The van der Waals surface area contributed by atoms with Crippen molar-refractivity contribution >= 4 is 23.4 Å². The molecule has 2 aliphatic rings. The molecule has 1 aliphatic heterocycles. The van der Waals surface area contributed by atoms with Crippen molar-refractivity contribution in [2.75, 3.05) is 5.32 Å². The van der Waals surface area contributed by atoms with Gasteiger partial charge in [-0.1, -0.05) is 31.4 Å². The number of carbonyl (C=O) groups excluding carboxylic acids is 3.